The van der Waals surface area contributed by atoms with Crippen LogP contribution in [0.5, 0.6) is 11.5 Å². The molecule has 3 heterocycles. The van der Waals surface area contributed by atoms with E-state index in [9.17, 15) is 0 Å². The van der Waals surface area contributed by atoms with Crippen molar-refractivity contribution in [3.05, 3.63) is 132 Å². The first kappa shape index (κ1) is 35.4. The maximum absolute atomic E-state index is 6.49. The zero-order valence-electron chi connectivity index (χ0n) is 29.7. The molecule has 0 saturated carbocycles. The SMILES string of the molecule is Cc1nn(-c2[c-]c(Oc3[c-]c4c(cc3)c3cc(CCC(C)C)ccc3n4-c3cc(CCC(C)C)ccn3)ccc2)c(C)c1-c1ccccc1.[Pt+2]. The molecular formula is C44H44N4OPt. The molecule has 0 fully saturated rings. The van der Waals surface area contributed by atoms with Crippen LogP contribution in [0.2, 0.25) is 0 Å². The third-order valence-corrected chi connectivity index (χ3v) is 9.33. The van der Waals surface area contributed by atoms with Crippen molar-refractivity contribution >= 4 is 21.8 Å². The predicted octanol–water partition coefficient (Wildman–Crippen LogP) is 11.2. The number of nitrogens with zero attached hydrogens (tertiary/aromatic N) is 4. The number of pyridine rings is 1. The summed E-state index contributed by atoms with van der Waals surface area (Å²) in [5.41, 5.74) is 9.87. The Morgan fingerprint density at radius 3 is 2.18 bits per heavy atom. The molecule has 7 rings (SSSR count). The van der Waals surface area contributed by atoms with Crippen LogP contribution in [0.25, 0.3) is 44.4 Å². The average Bonchev–Trinajstić information content (AvgIpc) is 3.59. The van der Waals surface area contributed by atoms with Crippen molar-refractivity contribution in [3.8, 4) is 34.1 Å². The fourth-order valence-corrected chi connectivity index (χ4v) is 6.71. The van der Waals surface area contributed by atoms with Crippen LogP contribution in [0.4, 0.5) is 0 Å². The van der Waals surface area contributed by atoms with E-state index in [0.29, 0.717) is 23.3 Å². The largest absolute Gasteiger partial charge is 2.00 e. The second-order valence-corrected chi connectivity index (χ2v) is 14.0. The van der Waals surface area contributed by atoms with E-state index in [1.165, 1.54) is 16.5 Å². The van der Waals surface area contributed by atoms with Crippen LogP contribution in [0.15, 0.2) is 97.2 Å². The summed E-state index contributed by atoms with van der Waals surface area (Å²) in [5.74, 6) is 3.43. The summed E-state index contributed by atoms with van der Waals surface area (Å²) in [7, 11) is 0. The van der Waals surface area contributed by atoms with Crippen LogP contribution in [0.3, 0.4) is 0 Å². The van der Waals surface area contributed by atoms with Crippen LogP contribution in [0.1, 0.15) is 63.1 Å². The third kappa shape index (κ3) is 7.35. The minimum atomic E-state index is 0. The van der Waals surface area contributed by atoms with Gasteiger partial charge in [0.15, 0.2) is 0 Å². The summed E-state index contributed by atoms with van der Waals surface area (Å²) in [6, 6.07) is 38.8. The van der Waals surface area contributed by atoms with Crippen molar-refractivity contribution in [1.29, 1.82) is 0 Å². The van der Waals surface area contributed by atoms with Crippen molar-refractivity contribution in [3.63, 3.8) is 0 Å². The maximum Gasteiger partial charge on any atom is 2.00 e. The van der Waals surface area contributed by atoms with Gasteiger partial charge in [0.1, 0.15) is 5.82 Å². The number of ether oxygens (including phenoxy) is 1. The molecule has 3 aromatic heterocycles. The van der Waals surface area contributed by atoms with Gasteiger partial charge in [-0.3, -0.25) is 4.68 Å². The molecule has 0 bridgehead atoms. The molecule has 6 heteroatoms. The van der Waals surface area contributed by atoms with Crippen LogP contribution < -0.4 is 4.74 Å². The molecular weight excluding hydrogens is 796 g/mol. The number of hydrogen-bond acceptors (Lipinski definition) is 3. The van der Waals surface area contributed by atoms with E-state index in [2.05, 4.69) is 119 Å². The van der Waals surface area contributed by atoms with Crippen molar-refractivity contribution < 1.29 is 25.8 Å². The molecule has 0 radical (unpaired) electrons. The van der Waals surface area contributed by atoms with Gasteiger partial charge >= 0.3 is 21.1 Å². The molecule has 0 unspecified atom stereocenters. The monoisotopic (exact) mass is 839 g/mol. The summed E-state index contributed by atoms with van der Waals surface area (Å²) < 4.78 is 10.7. The minimum Gasteiger partial charge on any atom is -0.509 e. The smallest absolute Gasteiger partial charge is 0.509 e. The summed E-state index contributed by atoms with van der Waals surface area (Å²) in [6.07, 6.45) is 6.32. The zero-order valence-corrected chi connectivity index (χ0v) is 32.0. The van der Waals surface area contributed by atoms with Crippen LogP contribution in [-0.4, -0.2) is 19.3 Å². The van der Waals surface area contributed by atoms with Gasteiger partial charge in [-0.25, -0.2) is 4.98 Å². The number of aromatic nitrogens is 4. The number of hydrogen-bond donors (Lipinski definition) is 0. The molecule has 0 saturated heterocycles. The minimum absolute atomic E-state index is 0. The molecule has 50 heavy (non-hydrogen) atoms. The average molecular weight is 840 g/mol. The topological polar surface area (TPSA) is 44.9 Å². The number of rotatable bonds is 11. The Bertz CT molecular complexity index is 2250. The zero-order chi connectivity index (χ0) is 34.1. The van der Waals surface area contributed by atoms with Crippen molar-refractivity contribution in [2.45, 2.75) is 67.2 Å². The maximum atomic E-state index is 6.49. The van der Waals surface area contributed by atoms with Gasteiger partial charge < -0.3 is 9.30 Å². The standard InChI is InChI=1S/C44H44N4O.Pt/c1-29(2)15-17-33-19-22-41-40(25-33)39-21-20-38(28-42(39)47(41)43-26-34(23-24-45-43)18-16-30(3)4)49-37-14-10-13-36(27-37)48-32(6)44(31(5)46-48)35-11-8-7-9-12-35;/h7-14,19-26,29-30H,15-18H2,1-6H3;/q-2;+2. The van der Waals surface area contributed by atoms with Gasteiger partial charge in [0.05, 0.1) is 5.69 Å². The molecule has 0 spiro atoms. The molecule has 256 valence electrons. The van der Waals surface area contributed by atoms with Crippen molar-refractivity contribution in [1.82, 2.24) is 19.3 Å². The second-order valence-electron chi connectivity index (χ2n) is 14.0. The summed E-state index contributed by atoms with van der Waals surface area (Å²) in [6.45, 7) is 13.3. The molecule has 0 amide bonds. The molecule has 0 N–H and O–H groups in total. The number of aryl methyl sites for hydroxylation is 3. The first-order valence-electron chi connectivity index (χ1n) is 17.5. The van der Waals surface area contributed by atoms with Gasteiger partial charge in [-0.05, 0) is 97.3 Å². The normalized spacial score (nSPS) is 11.5. The summed E-state index contributed by atoms with van der Waals surface area (Å²) in [4.78, 5) is 4.88. The Morgan fingerprint density at radius 2 is 1.44 bits per heavy atom. The quantitative estimate of drug-likeness (QED) is 0.122. The van der Waals surface area contributed by atoms with Gasteiger partial charge in [-0.1, -0.05) is 75.7 Å². The molecule has 0 atom stereocenters. The molecule has 0 aliphatic carbocycles. The van der Waals surface area contributed by atoms with Gasteiger partial charge in [-0.2, -0.15) is 17.2 Å². The Labute approximate surface area is 310 Å². The number of fused-ring (bicyclic) bond motifs is 3. The Morgan fingerprint density at radius 1 is 0.720 bits per heavy atom. The predicted molar refractivity (Wildman–Crippen MR) is 201 cm³/mol. The van der Waals surface area contributed by atoms with Gasteiger partial charge in [-0.15, -0.1) is 35.7 Å². The molecule has 0 aliphatic rings. The van der Waals surface area contributed by atoms with E-state index in [1.54, 1.807) is 0 Å². The summed E-state index contributed by atoms with van der Waals surface area (Å²) in [5, 5.41) is 7.23. The Hall–Kier alpha value is -4.47. The fourth-order valence-electron chi connectivity index (χ4n) is 6.71. The van der Waals surface area contributed by atoms with Gasteiger partial charge in [0.2, 0.25) is 0 Å². The van der Waals surface area contributed by atoms with E-state index in [1.807, 2.05) is 41.2 Å². The summed E-state index contributed by atoms with van der Waals surface area (Å²) >= 11 is 0. The van der Waals surface area contributed by atoms with E-state index in [0.717, 1.165) is 76.1 Å². The van der Waals surface area contributed by atoms with Crippen LogP contribution >= 0.6 is 0 Å². The van der Waals surface area contributed by atoms with Crippen LogP contribution in [0, 0.1) is 37.8 Å². The van der Waals surface area contributed by atoms with E-state index < -0.39 is 0 Å². The molecule has 5 nitrogen and oxygen atoms in total. The molecule has 7 aromatic rings. The Kier molecular flexibility index (Phi) is 10.7. The molecule has 4 aromatic carbocycles. The van der Waals surface area contributed by atoms with Crippen LogP contribution in [-0.2, 0) is 33.9 Å². The second kappa shape index (κ2) is 15.2. The first-order valence-corrected chi connectivity index (χ1v) is 17.5. The fraction of sp³-hybridized carbons (Fsp3) is 0.273. The number of benzene rings is 4. The third-order valence-electron chi connectivity index (χ3n) is 9.33. The Balaban J connectivity index is 0.00000432. The van der Waals surface area contributed by atoms with E-state index in [4.69, 9.17) is 14.8 Å². The van der Waals surface area contributed by atoms with E-state index in [-0.39, 0.29) is 21.1 Å². The van der Waals surface area contributed by atoms with Crippen molar-refractivity contribution in [2.75, 3.05) is 0 Å². The van der Waals surface area contributed by atoms with Crippen molar-refractivity contribution in [2.24, 2.45) is 11.8 Å². The van der Waals surface area contributed by atoms with Gasteiger partial charge in [0.25, 0.3) is 0 Å². The van der Waals surface area contributed by atoms with E-state index >= 15 is 0 Å². The first-order chi connectivity index (χ1) is 23.7. The van der Waals surface area contributed by atoms with Gasteiger partial charge in [0, 0.05) is 34.5 Å². The molecule has 0 aliphatic heterocycles.